The highest BCUT2D eigenvalue weighted by Crippen LogP contribution is 2.42. The third kappa shape index (κ3) is 2.23. The lowest BCUT2D eigenvalue weighted by molar-refractivity contribution is -0.179. The van der Waals surface area contributed by atoms with E-state index in [1.165, 1.54) is 12.1 Å². The van der Waals surface area contributed by atoms with E-state index in [1.54, 1.807) is 36.4 Å². The summed E-state index contributed by atoms with van der Waals surface area (Å²) in [6.07, 6.45) is 0.952. The molecule has 0 aromatic heterocycles. The van der Waals surface area contributed by atoms with E-state index in [0.717, 1.165) is 0 Å². The molecule has 24 heavy (non-hydrogen) atoms. The number of hydrogen-bond acceptors (Lipinski definition) is 5. The van der Waals surface area contributed by atoms with Crippen LogP contribution in [0.3, 0.4) is 0 Å². The zero-order valence-corrected chi connectivity index (χ0v) is 12.6. The van der Waals surface area contributed by atoms with Crippen LogP contribution in [0.4, 0.5) is 0 Å². The van der Waals surface area contributed by atoms with E-state index < -0.39 is 23.4 Å². The fourth-order valence-corrected chi connectivity index (χ4v) is 2.59. The van der Waals surface area contributed by atoms with E-state index in [-0.39, 0.29) is 11.1 Å². The number of carbonyl (C=O) groups excluding carboxylic acids is 3. The van der Waals surface area contributed by atoms with Crippen molar-refractivity contribution in [2.45, 2.75) is 18.4 Å². The molecule has 2 aliphatic rings. The number of hydrogen-bond donors (Lipinski definition) is 0. The Bertz CT molecular complexity index is 806. The zero-order valence-electron chi connectivity index (χ0n) is 12.6. The lowest BCUT2D eigenvalue weighted by Crippen LogP contribution is -2.40. The highest BCUT2D eigenvalue weighted by molar-refractivity contribution is 6.21. The number of ether oxygens (including phenoxy) is 1. The molecule has 0 atom stereocenters. The topological polar surface area (TPSA) is 72.9 Å². The summed E-state index contributed by atoms with van der Waals surface area (Å²) in [5.41, 5.74) is -0.676. The molecular weight excluding hydrogens is 310 g/mol. The Morgan fingerprint density at radius 1 is 0.875 bits per heavy atom. The predicted octanol–water partition coefficient (Wildman–Crippen LogP) is 2.35. The maximum atomic E-state index is 12.4. The fourth-order valence-electron chi connectivity index (χ4n) is 2.59. The van der Waals surface area contributed by atoms with Crippen LogP contribution in [0.15, 0.2) is 54.6 Å². The van der Waals surface area contributed by atoms with Crippen LogP contribution >= 0.6 is 0 Å². The van der Waals surface area contributed by atoms with Gasteiger partial charge in [0, 0.05) is 12.8 Å². The molecule has 120 valence electrons. The lowest BCUT2D eigenvalue weighted by atomic mass is 10.1. The second-order valence-corrected chi connectivity index (χ2v) is 5.74. The van der Waals surface area contributed by atoms with Crippen molar-refractivity contribution in [3.05, 3.63) is 65.7 Å². The number of nitrogens with zero attached hydrogens (tertiary/aromatic N) is 1. The van der Waals surface area contributed by atoms with Crippen LogP contribution in [0.5, 0.6) is 5.75 Å². The average molecular weight is 323 g/mol. The van der Waals surface area contributed by atoms with Crippen molar-refractivity contribution >= 4 is 17.8 Å². The number of rotatable bonds is 4. The quantitative estimate of drug-likeness (QED) is 0.808. The second-order valence-electron chi connectivity index (χ2n) is 5.74. The summed E-state index contributed by atoms with van der Waals surface area (Å²) in [4.78, 5) is 42.0. The Balaban J connectivity index is 1.51. The third-order valence-electron chi connectivity index (χ3n) is 4.06. The molecule has 2 aromatic rings. The molecule has 2 aromatic carbocycles. The van der Waals surface area contributed by atoms with Gasteiger partial charge in [0.2, 0.25) is 5.60 Å². The fraction of sp³-hybridized carbons (Fsp3) is 0.167. The minimum Gasteiger partial charge on any atom is -0.475 e. The molecule has 0 saturated heterocycles. The van der Waals surface area contributed by atoms with Gasteiger partial charge in [0.1, 0.15) is 5.75 Å². The molecule has 0 spiro atoms. The summed E-state index contributed by atoms with van der Waals surface area (Å²) >= 11 is 0. The van der Waals surface area contributed by atoms with Crippen LogP contribution in [0, 0.1) is 0 Å². The van der Waals surface area contributed by atoms with Gasteiger partial charge in [0.15, 0.2) is 0 Å². The van der Waals surface area contributed by atoms with E-state index in [9.17, 15) is 14.4 Å². The highest BCUT2D eigenvalue weighted by atomic mass is 16.7. The first-order valence-corrected chi connectivity index (χ1v) is 7.55. The monoisotopic (exact) mass is 323 g/mol. The number of para-hydroxylation sites is 1. The summed E-state index contributed by atoms with van der Waals surface area (Å²) in [6.45, 7) is 0. The summed E-state index contributed by atoms with van der Waals surface area (Å²) in [6, 6.07) is 15.2. The first-order chi connectivity index (χ1) is 11.6. The first-order valence-electron chi connectivity index (χ1n) is 7.55. The van der Waals surface area contributed by atoms with Crippen molar-refractivity contribution in [1.29, 1.82) is 0 Å². The summed E-state index contributed by atoms with van der Waals surface area (Å²) in [5.74, 6) is -1.48. The normalized spacial score (nSPS) is 17.4. The standard InChI is InChI=1S/C18H13NO5/c20-15-13-8-4-5-9-14(13)16(21)19(15)24-17(22)18(10-11-18)23-12-6-2-1-3-7-12/h1-9H,10-11H2. The van der Waals surface area contributed by atoms with E-state index >= 15 is 0 Å². The molecule has 1 saturated carbocycles. The Kier molecular flexibility index (Phi) is 3.13. The van der Waals surface area contributed by atoms with Crippen molar-refractivity contribution in [3.63, 3.8) is 0 Å². The Labute approximate surface area is 137 Å². The minimum atomic E-state index is -1.13. The number of imide groups is 1. The minimum absolute atomic E-state index is 0.226. The van der Waals surface area contributed by atoms with Crippen LogP contribution in [-0.4, -0.2) is 28.4 Å². The number of fused-ring (bicyclic) bond motifs is 1. The number of carbonyl (C=O) groups is 3. The second kappa shape index (κ2) is 5.19. The molecule has 1 fully saturated rings. The van der Waals surface area contributed by atoms with Crippen LogP contribution in [0.2, 0.25) is 0 Å². The largest absolute Gasteiger partial charge is 0.475 e. The third-order valence-corrected chi connectivity index (χ3v) is 4.06. The van der Waals surface area contributed by atoms with Crippen molar-refractivity contribution in [3.8, 4) is 5.75 Å². The van der Waals surface area contributed by atoms with Crippen LogP contribution in [0.25, 0.3) is 0 Å². The summed E-state index contributed by atoms with van der Waals surface area (Å²) in [7, 11) is 0. The maximum absolute atomic E-state index is 12.4. The van der Waals surface area contributed by atoms with E-state index in [1.807, 2.05) is 6.07 Å². The Morgan fingerprint density at radius 2 is 1.42 bits per heavy atom. The summed E-state index contributed by atoms with van der Waals surface area (Å²) < 4.78 is 5.71. The maximum Gasteiger partial charge on any atom is 0.376 e. The molecule has 0 unspecified atom stereocenters. The Morgan fingerprint density at radius 3 is 1.96 bits per heavy atom. The van der Waals surface area contributed by atoms with Gasteiger partial charge in [-0.05, 0) is 24.3 Å². The molecule has 4 rings (SSSR count). The lowest BCUT2D eigenvalue weighted by Gasteiger charge is -2.19. The van der Waals surface area contributed by atoms with Gasteiger partial charge in [-0.1, -0.05) is 35.4 Å². The molecule has 0 N–H and O–H groups in total. The van der Waals surface area contributed by atoms with E-state index in [2.05, 4.69) is 0 Å². The van der Waals surface area contributed by atoms with Crippen LogP contribution in [0.1, 0.15) is 33.6 Å². The van der Waals surface area contributed by atoms with Crippen molar-refractivity contribution in [2.75, 3.05) is 0 Å². The van der Waals surface area contributed by atoms with Gasteiger partial charge < -0.3 is 9.57 Å². The Hall–Kier alpha value is -3.15. The number of hydroxylamine groups is 2. The van der Waals surface area contributed by atoms with Gasteiger partial charge in [-0.25, -0.2) is 4.79 Å². The highest BCUT2D eigenvalue weighted by Gasteiger charge is 2.56. The predicted molar refractivity (Wildman–Crippen MR) is 82.1 cm³/mol. The molecule has 6 nitrogen and oxygen atoms in total. The molecule has 6 heteroatoms. The van der Waals surface area contributed by atoms with Gasteiger partial charge in [-0.3, -0.25) is 9.59 Å². The zero-order chi connectivity index (χ0) is 16.7. The van der Waals surface area contributed by atoms with Crippen molar-refractivity contribution in [2.24, 2.45) is 0 Å². The van der Waals surface area contributed by atoms with Gasteiger partial charge in [-0.2, -0.15) is 0 Å². The van der Waals surface area contributed by atoms with Crippen LogP contribution < -0.4 is 4.74 Å². The first kappa shape index (κ1) is 14.4. The van der Waals surface area contributed by atoms with E-state index in [4.69, 9.17) is 9.57 Å². The number of benzene rings is 2. The smallest absolute Gasteiger partial charge is 0.376 e. The SMILES string of the molecule is O=C1c2ccccc2C(=O)N1OC(=O)C1(Oc2ccccc2)CC1. The number of amides is 2. The average Bonchev–Trinajstić information content (AvgIpc) is 3.35. The molecule has 0 radical (unpaired) electrons. The van der Waals surface area contributed by atoms with Gasteiger partial charge in [0.05, 0.1) is 11.1 Å². The summed E-state index contributed by atoms with van der Waals surface area (Å²) in [5, 5.41) is 0.515. The van der Waals surface area contributed by atoms with Gasteiger partial charge >= 0.3 is 5.97 Å². The van der Waals surface area contributed by atoms with Gasteiger partial charge in [0.25, 0.3) is 11.8 Å². The van der Waals surface area contributed by atoms with Crippen molar-refractivity contribution < 1.29 is 24.0 Å². The van der Waals surface area contributed by atoms with E-state index in [0.29, 0.717) is 23.7 Å². The molecular formula is C18H13NO5. The van der Waals surface area contributed by atoms with Crippen LogP contribution in [-0.2, 0) is 9.63 Å². The molecule has 0 bridgehead atoms. The molecule has 1 aliphatic carbocycles. The van der Waals surface area contributed by atoms with Gasteiger partial charge in [-0.15, -0.1) is 0 Å². The van der Waals surface area contributed by atoms with Crippen molar-refractivity contribution in [1.82, 2.24) is 5.06 Å². The molecule has 1 aliphatic heterocycles. The molecule has 1 heterocycles. The molecule has 2 amide bonds.